The molecule has 0 spiro atoms. The van der Waals surface area contributed by atoms with Crippen molar-refractivity contribution in [2.75, 3.05) is 5.32 Å². The fraction of sp³-hybridized carbons (Fsp3) is 0.167. The first-order valence-corrected chi connectivity index (χ1v) is 7.89. The Hall–Kier alpha value is -3.23. The summed E-state index contributed by atoms with van der Waals surface area (Å²) in [6, 6.07) is 6.48. The standard InChI is InChI=1S/C18H13F4N3O2/c1-8-6-13(26)24-25-17(8)9-2-4-10(5-3-9)23-18(27)11-7-12(19)15(21)16(22)14(11)20/h2-5,7-8H,6H2,1H3,(H,23,27)(H,24,26). The SMILES string of the molecule is CC1CC(=O)NN=C1c1ccc(NC(=O)c2cc(F)c(F)c(F)c2F)cc1. The maximum atomic E-state index is 13.7. The molecule has 0 saturated heterocycles. The number of benzene rings is 2. The van der Waals surface area contributed by atoms with Crippen molar-refractivity contribution in [3.63, 3.8) is 0 Å². The van der Waals surface area contributed by atoms with Gasteiger partial charge in [0.25, 0.3) is 5.91 Å². The zero-order valence-electron chi connectivity index (χ0n) is 13.9. The Morgan fingerprint density at radius 1 is 1.11 bits per heavy atom. The number of amides is 2. The van der Waals surface area contributed by atoms with Crippen molar-refractivity contribution in [3.05, 3.63) is 64.7 Å². The lowest BCUT2D eigenvalue weighted by molar-refractivity contribution is -0.121. The molecule has 0 fully saturated rings. The third-order valence-electron chi connectivity index (χ3n) is 4.05. The minimum atomic E-state index is -2.05. The molecule has 0 aliphatic carbocycles. The van der Waals surface area contributed by atoms with Crippen LogP contribution in [0.2, 0.25) is 0 Å². The highest BCUT2D eigenvalue weighted by molar-refractivity contribution is 6.07. The number of hydrazone groups is 1. The van der Waals surface area contributed by atoms with Gasteiger partial charge < -0.3 is 5.32 Å². The van der Waals surface area contributed by atoms with Gasteiger partial charge in [0.05, 0.1) is 11.3 Å². The Kier molecular flexibility index (Phi) is 4.93. The average Bonchev–Trinajstić information content (AvgIpc) is 2.64. The molecule has 27 heavy (non-hydrogen) atoms. The first-order chi connectivity index (χ1) is 12.8. The van der Waals surface area contributed by atoms with E-state index in [1.54, 1.807) is 12.1 Å². The van der Waals surface area contributed by atoms with Gasteiger partial charge in [0.1, 0.15) is 0 Å². The zero-order valence-corrected chi connectivity index (χ0v) is 13.9. The van der Waals surface area contributed by atoms with Crippen molar-refractivity contribution in [2.45, 2.75) is 13.3 Å². The monoisotopic (exact) mass is 379 g/mol. The predicted octanol–water partition coefficient (Wildman–Crippen LogP) is 3.36. The molecule has 2 amide bonds. The van der Waals surface area contributed by atoms with Crippen LogP contribution < -0.4 is 10.7 Å². The Labute approximate surface area is 151 Å². The van der Waals surface area contributed by atoms with E-state index in [0.29, 0.717) is 17.3 Å². The highest BCUT2D eigenvalue weighted by Crippen LogP contribution is 2.21. The van der Waals surface area contributed by atoms with Gasteiger partial charge in [-0.05, 0) is 23.8 Å². The summed E-state index contributed by atoms with van der Waals surface area (Å²) < 4.78 is 53.2. The van der Waals surface area contributed by atoms with Crippen molar-refractivity contribution in [1.82, 2.24) is 5.43 Å². The van der Waals surface area contributed by atoms with E-state index in [9.17, 15) is 27.2 Å². The van der Waals surface area contributed by atoms with Crippen LogP contribution in [0.15, 0.2) is 35.4 Å². The van der Waals surface area contributed by atoms with E-state index in [0.717, 1.165) is 0 Å². The first kappa shape index (κ1) is 18.6. The second kappa shape index (κ2) is 7.18. The van der Waals surface area contributed by atoms with Gasteiger partial charge in [-0.25, -0.2) is 23.0 Å². The molecule has 0 bridgehead atoms. The van der Waals surface area contributed by atoms with E-state index in [2.05, 4.69) is 15.8 Å². The summed E-state index contributed by atoms with van der Waals surface area (Å²) in [6.45, 7) is 1.84. The summed E-state index contributed by atoms with van der Waals surface area (Å²) in [4.78, 5) is 23.3. The molecular formula is C18H13F4N3O2. The summed E-state index contributed by atoms with van der Waals surface area (Å²) in [5, 5.41) is 6.28. The number of nitrogens with zero attached hydrogens (tertiary/aromatic N) is 1. The van der Waals surface area contributed by atoms with E-state index < -0.39 is 34.7 Å². The number of halogens is 4. The Bertz CT molecular complexity index is 958. The van der Waals surface area contributed by atoms with Crippen LogP contribution in [0, 0.1) is 29.2 Å². The van der Waals surface area contributed by atoms with E-state index >= 15 is 0 Å². The molecule has 1 atom stereocenters. The number of rotatable bonds is 3. The van der Waals surface area contributed by atoms with Crippen LogP contribution in [0.3, 0.4) is 0 Å². The topological polar surface area (TPSA) is 70.6 Å². The largest absolute Gasteiger partial charge is 0.322 e. The number of hydrogen-bond acceptors (Lipinski definition) is 3. The molecule has 0 saturated carbocycles. The molecule has 1 aliphatic rings. The van der Waals surface area contributed by atoms with E-state index in [-0.39, 0.29) is 23.9 Å². The lowest BCUT2D eigenvalue weighted by atomic mass is 9.94. The van der Waals surface area contributed by atoms with Crippen molar-refractivity contribution in [3.8, 4) is 0 Å². The molecule has 1 aliphatic heterocycles. The van der Waals surface area contributed by atoms with Gasteiger partial charge in [-0.1, -0.05) is 19.1 Å². The molecule has 3 rings (SSSR count). The highest BCUT2D eigenvalue weighted by Gasteiger charge is 2.24. The second-order valence-electron chi connectivity index (χ2n) is 6.02. The number of carbonyl (C=O) groups excluding carboxylic acids is 2. The molecule has 140 valence electrons. The van der Waals surface area contributed by atoms with Crippen molar-refractivity contribution in [2.24, 2.45) is 11.0 Å². The van der Waals surface area contributed by atoms with Crippen LogP contribution in [-0.2, 0) is 4.79 Å². The number of carbonyl (C=O) groups is 2. The van der Waals surface area contributed by atoms with Crippen LogP contribution in [0.5, 0.6) is 0 Å². The van der Waals surface area contributed by atoms with Crippen LogP contribution in [-0.4, -0.2) is 17.5 Å². The van der Waals surface area contributed by atoms with Gasteiger partial charge >= 0.3 is 0 Å². The minimum Gasteiger partial charge on any atom is -0.322 e. The Balaban J connectivity index is 1.79. The number of anilines is 1. The predicted molar refractivity (Wildman–Crippen MR) is 89.1 cm³/mol. The molecular weight excluding hydrogens is 366 g/mol. The van der Waals surface area contributed by atoms with Gasteiger partial charge in [0, 0.05) is 18.0 Å². The normalized spacial score (nSPS) is 16.6. The molecule has 1 heterocycles. The van der Waals surface area contributed by atoms with Crippen LogP contribution in [0.25, 0.3) is 0 Å². The van der Waals surface area contributed by atoms with Gasteiger partial charge in [-0.2, -0.15) is 5.10 Å². The van der Waals surface area contributed by atoms with Gasteiger partial charge in [-0.15, -0.1) is 0 Å². The summed E-state index contributed by atoms with van der Waals surface area (Å²) in [7, 11) is 0. The van der Waals surface area contributed by atoms with E-state index in [4.69, 9.17) is 0 Å². The summed E-state index contributed by atoms with van der Waals surface area (Å²) >= 11 is 0. The quantitative estimate of drug-likeness (QED) is 0.488. The maximum absolute atomic E-state index is 13.7. The van der Waals surface area contributed by atoms with E-state index in [1.807, 2.05) is 6.92 Å². The van der Waals surface area contributed by atoms with Gasteiger partial charge in [0.15, 0.2) is 23.3 Å². The number of hydrogen-bond donors (Lipinski definition) is 2. The molecule has 2 aromatic rings. The smallest absolute Gasteiger partial charge is 0.258 e. The first-order valence-electron chi connectivity index (χ1n) is 7.89. The van der Waals surface area contributed by atoms with Crippen molar-refractivity contribution >= 4 is 23.2 Å². The average molecular weight is 379 g/mol. The molecule has 0 aromatic heterocycles. The molecule has 0 radical (unpaired) electrons. The maximum Gasteiger partial charge on any atom is 0.258 e. The van der Waals surface area contributed by atoms with Crippen molar-refractivity contribution < 1.29 is 27.2 Å². The summed E-state index contributed by atoms with van der Waals surface area (Å²) in [6.07, 6.45) is 0.290. The fourth-order valence-electron chi connectivity index (χ4n) is 2.66. The van der Waals surface area contributed by atoms with Crippen LogP contribution >= 0.6 is 0 Å². The van der Waals surface area contributed by atoms with Gasteiger partial charge in [-0.3, -0.25) is 9.59 Å². The highest BCUT2D eigenvalue weighted by atomic mass is 19.2. The molecule has 5 nitrogen and oxygen atoms in total. The third-order valence-corrected chi connectivity index (χ3v) is 4.05. The third kappa shape index (κ3) is 3.67. The minimum absolute atomic E-state index is 0.0987. The van der Waals surface area contributed by atoms with Crippen LogP contribution in [0.1, 0.15) is 29.3 Å². The van der Waals surface area contributed by atoms with E-state index in [1.165, 1.54) is 12.1 Å². The Morgan fingerprint density at radius 3 is 2.41 bits per heavy atom. The second-order valence-corrected chi connectivity index (χ2v) is 6.02. The zero-order chi connectivity index (χ0) is 19.7. The fourth-order valence-corrected chi connectivity index (χ4v) is 2.66. The van der Waals surface area contributed by atoms with Crippen LogP contribution in [0.4, 0.5) is 23.2 Å². The number of nitrogens with one attached hydrogen (secondary N) is 2. The summed E-state index contributed by atoms with van der Waals surface area (Å²) in [5.74, 6) is -8.89. The molecule has 9 heteroatoms. The Morgan fingerprint density at radius 2 is 1.78 bits per heavy atom. The van der Waals surface area contributed by atoms with Gasteiger partial charge in [0.2, 0.25) is 5.91 Å². The molecule has 1 unspecified atom stereocenters. The lowest BCUT2D eigenvalue weighted by Crippen LogP contribution is -2.31. The molecule has 2 aromatic carbocycles. The molecule has 2 N–H and O–H groups in total. The van der Waals surface area contributed by atoms with Crippen molar-refractivity contribution in [1.29, 1.82) is 0 Å². The lowest BCUT2D eigenvalue weighted by Gasteiger charge is -2.19. The summed E-state index contributed by atoms with van der Waals surface area (Å²) in [5.41, 5.74) is 3.01.